The Labute approximate surface area is 177 Å². The summed E-state index contributed by atoms with van der Waals surface area (Å²) in [7, 11) is 1.35. The molecule has 0 radical (unpaired) electrons. The number of carbonyl (C=O) groups excluding carboxylic acids is 3. The van der Waals surface area contributed by atoms with E-state index in [4.69, 9.17) is 9.47 Å². The van der Waals surface area contributed by atoms with Crippen molar-refractivity contribution >= 4 is 45.7 Å². The molecule has 10 nitrogen and oxygen atoms in total. The number of likely N-dealkylation sites (N-methyl/N-ethyl adjacent to an activating group) is 1. The molecule has 0 aliphatic carbocycles. The maximum atomic E-state index is 12.9. The molecular weight excluding hydrogens is 406 g/mol. The zero-order chi connectivity index (χ0) is 22.7. The van der Waals surface area contributed by atoms with Gasteiger partial charge < -0.3 is 19.5 Å². The van der Waals surface area contributed by atoms with Crippen LogP contribution in [0.25, 0.3) is 21.8 Å². The number of carboxylic acids is 1. The van der Waals surface area contributed by atoms with Crippen LogP contribution in [0.1, 0.15) is 34.7 Å². The molecule has 3 rings (SSSR count). The molecular formula is C21H21N3O7. The number of hydrogen-bond donors (Lipinski definition) is 1. The van der Waals surface area contributed by atoms with Crippen LogP contribution < -0.4 is 0 Å². The van der Waals surface area contributed by atoms with E-state index < -0.39 is 23.9 Å². The predicted molar refractivity (Wildman–Crippen MR) is 110 cm³/mol. The van der Waals surface area contributed by atoms with E-state index in [9.17, 15) is 24.3 Å². The van der Waals surface area contributed by atoms with Gasteiger partial charge in [0.2, 0.25) is 0 Å². The molecule has 0 atom stereocenters. The number of esters is 1. The average molecular weight is 427 g/mol. The highest BCUT2D eigenvalue weighted by atomic mass is 16.5. The normalized spacial score (nSPS) is 10.8. The number of ether oxygens (including phenoxy) is 2. The zero-order valence-electron chi connectivity index (χ0n) is 17.2. The summed E-state index contributed by atoms with van der Waals surface area (Å²) in [6.07, 6.45) is 0.565. The quantitative estimate of drug-likeness (QED) is 0.595. The van der Waals surface area contributed by atoms with E-state index in [1.54, 1.807) is 38.1 Å². The number of fused-ring (bicyclic) bond motifs is 3. The number of benzene rings is 1. The van der Waals surface area contributed by atoms with Crippen molar-refractivity contribution in [1.82, 2.24) is 14.5 Å². The van der Waals surface area contributed by atoms with Crippen LogP contribution in [0.4, 0.5) is 4.79 Å². The summed E-state index contributed by atoms with van der Waals surface area (Å²) in [5, 5.41) is 10.6. The number of pyridine rings is 1. The van der Waals surface area contributed by atoms with Crippen molar-refractivity contribution < 1.29 is 33.8 Å². The third-order valence-corrected chi connectivity index (χ3v) is 4.60. The van der Waals surface area contributed by atoms with E-state index >= 15 is 0 Å². The van der Waals surface area contributed by atoms with Crippen molar-refractivity contribution in [1.29, 1.82) is 0 Å². The van der Waals surface area contributed by atoms with Crippen LogP contribution in [0, 0.1) is 0 Å². The second-order valence-electron chi connectivity index (χ2n) is 6.56. The van der Waals surface area contributed by atoms with Crippen LogP contribution >= 0.6 is 0 Å². The van der Waals surface area contributed by atoms with Gasteiger partial charge in [-0.15, -0.1) is 0 Å². The summed E-state index contributed by atoms with van der Waals surface area (Å²) in [6, 6.07) is 6.68. The van der Waals surface area contributed by atoms with Gasteiger partial charge in [-0.3, -0.25) is 9.59 Å². The van der Waals surface area contributed by atoms with E-state index in [1.165, 1.54) is 17.8 Å². The van der Waals surface area contributed by atoms with E-state index in [0.29, 0.717) is 10.9 Å². The number of carbonyl (C=O) groups is 4. The first-order chi connectivity index (χ1) is 14.8. The Morgan fingerprint density at radius 2 is 1.74 bits per heavy atom. The molecule has 10 heteroatoms. The van der Waals surface area contributed by atoms with Crippen molar-refractivity contribution in [2.75, 3.05) is 26.8 Å². The molecule has 0 fully saturated rings. The van der Waals surface area contributed by atoms with Crippen LogP contribution in [-0.4, -0.2) is 70.3 Å². The average Bonchev–Trinajstić information content (AvgIpc) is 3.07. The number of aromatic carboxylic acids is 1. The largest absolute Gasteiger partial charge is 0.478 e. The number of amides is 1. The van der Waals surface area contributed by atoms with Gasteiger partial charge in [0.15, 0.2) is 0 Å². The second-order valence-corrected chi connectivity index (χ2v) is 6.56. The Balaban J connectivity index is 2.25. The molecule has 0 unspecified atom stereocenters. The molecule has 0 saturated carbocycles. The second kappa shape index (κ2) is 8.82. The van der Waals surface area contributed by atoms with Gasteiger partial charge in [-0.1, -0.05) is 18.2 Å². The van der Waals surface area contributed by atoms with Crippen LogP contribution in [0.2, 0.25) is 0 Å². The fourth-order valence-corrected chi connectivity index (χ4v) is 3.36. The first kappa shape index (κ1) is 21.8. The number of rotatable bonds is 6. The Hall–Kier alpha value is -3.95. The summed E-state index contributed by atoms with van der Waals surface area (Å²) in [5.41, 5.74) is -0.0950. The molecule has 3 aromatic rings. The molecule has 1 N–H and O–H groups in total. The molecule has 1 amide bonds. The van der Waals surface area contributed by atoms with Crippen molar-refractivity contribution in [2.45, 2.75) is 13.8 Å². The molecule has 2 aromatic heterocycles. The molecule has 1 aromatic carbocycles. The topological polar surface area (TPSA) is 128 Å². The third-order valence-electron chi connectivity index (χ3n) is 4.60. The van der Waals surface area contributed by atoms with Crippen LogP contribution in [0.3, 0.4) is 0 Å². The Morgan fingerprint density at radius 1 is 1.06 bits per heavy atom. The van der Waals surface area contributed by atoms with Gasteiger partial charge in [-0.05, 0) is 19.9 Å². The monoisotopic (exact) mass is 427 g/mol. The lowest BCUT2D eigenvalue weighted by atomic mass is 10.0. The molecule has 0 aliphatic heterocycles. The maximum absolute atomic E-state index is 12.9. The van der Waals surface area contributed by atoms with Crippen LogP contribution in [-0.2, 0) is 14.3 Å². The van der Waals surface area contributed by atoms with Gasteiger partial charge in [0, 0.05) is 17.8 Å². The predicted octanol–water partition coefficient (Wildman–Crippen LogP) is 2.53. The standard InChI is InChI=1S/C21H21N3O7/c1-4-30-15(25)11-23(3)19(26)18-17(20(27)28)16-12-8-6-7-9-13(12)24(14(16)10-22-18)21(29)31-5-2/h6-10H,4-5,11H2,1-3H3,(H,27,28). The molecule has 0 spiro atoms. The number of carboxylic acid groups (broad SMARTS) is 1. The summed E-state index contributed by atoms with van der Waals surface area (Å²) >= 11 is 0. The molecule has 2 heterocycles. The summed E-state index contributed by atoms with van der Waals surface area (Å²) < 4.78 is 11.2. The summed E-state index contributed by atoms with van der Waals surface area (Å²) in [4.78, 5) is 54.5. The molecule has 0 aliphatic rings. The highest BCUT2D eigenvalue weighted by Gasteiger charge is 2.29. The highest BCUT2D eigenvalue weighted by Crippen LogP contribution is 2.33. The minimum Gasteiger partial charge on any atom is -0.478 e. The van der Waals surface area contributed by atoms with Gasteiger partial charge in [-0.2, -0.15) is 0 Å². The van der Waals surface area contributed by atoms with Gasteiger partial charge in [0.1, 0.15) is 17.8 Å². The van der Waals surface area contributed by atoms with Gasteiger partial charge in [0.25, 0.3) is 5.91 Å². The third kappa shape index (κ3) is 3.91. The highest BCUT2D eigenvalue weighted by molar-refractivity contribution is 6.22. The van der Waals surface area contributed by atoms with Crippen molar-refractivity contribution in [3.05, 3.63) is 41.7 Å². The van der Waals surface area contributed by atoms with Crippen molar-refractivity contribution in [2.24, 2.45) is 0 Å². The van der Waals surface area contributed by atoms with E-state index in [1.807, 2.05) is 0 Å². The van der Waals surface area contributed by atoms with Gasteiger partial charge in [-0.25, -0.2) is 19.1 Å². The molecule has 162 valence electrons. The van der Waals surface area contributed by atoms with Crippen molar-refractivity contribution in [3.63, 3.8) is 0 Å². The lowest BCUT2D eigenvalue weighted by Gasteiger charge is -2.17. The van der Waals surface area contributed by atoms with E-state index in [0.717, 1.165) is 4.90 Å². The lowest BCUT2D eigenvalue weighted by Crippen LogP contribution is -2.34. The number of nitrogens with zero attached hydrogens (tertiary/aromatic N) is 3. The molecule has 31 heavy (non-hydrogen) atoms. The molecule has 0 saturated heterocycles. The minimum atomic E-state index is -1.39. The Bertz CT molecular complexity index is 1200. The maximum Gasteiger partial charge on any atom is 0.419 e. The van der Waals surface area contributed by atoms with Gasteiger partial charge in [0.05, 0.1) is 30.4 Å². The number of aromatic nitrogens is 2. The minimum absolute atomic E-state index is 0.126. The Kier molecular flexibility index (Phi) is 6.19. The number of para-hydroxylation sites is 1. The zero-order valence-corrected chi connectivity index (χ0v) is 17.2. The van der Waals surface area contributed by atoms with Crippen molar-refractivity contribution in [3.8, 4) is 0 Å². The Morgan fingerprint density at radius 3 is 2.39 bits per heavy atom. The SMILES string of the molecule is CCOC(=O)CN(C)C(=O)c1ncc2c(c1C(=O)O)c1ccccc1n2C(=O)OCC. The fourth-order valence-electron chi connectivity index (χ4n) is 3.36. The first-order valence-corrected chi connectivity index (χ1v) is 9.55. The number of hydrogen-bond acceptors (Lipinski definition) is 7. The first-order valence-electron chi connectivity index (χ1n) is 9.55. The smallest absolute Gasteiger partial charge is 0.419 e. The fraction of sp³-hybridized carbons (Fsp3) is 0.286. The van der Waals surface area contributed by atoms with Crippen LogP contribution in [0.5, 0.6) is 0 Å². The lowest BCUT2D eigenvalue weighted by molar-refractivity contribution is -0.143. The summed E-state index contributed by atoms with van der Waals surface area (Å²) in [5.74, 6) is -2.78. The molecule has 0 bridgehead atoms. The summed E-state index contributed by atoms with van der Waals surface area (Å²) in [6.45, 7) is 3.20. The van der Waals surface area contributed by atoms with E-state index in [-0.39, 0.29) is 41.9 Å². The van der Waals surface area contributed by atoms with Crippen LogP contribution in [0.15, 0.2) is 30.5 Å². The van der Waals surface area contributed by atoms with E-state index in [2.05, 4.69) is 4.98 Å². The van der Waals surface area contributed by atoms with Gasteiger partial charge >= 0.3 is 18.0 Å².